The van der Waals surface area contributed by atoms with Gasteiger partial charge in [-0.1, -0.05) is 24.6 Å². The molecule has 118 valence electrons. The fourth-order valence-electron chi connectivity index (χ4n) is 1.98. The zero-order valence-corrected chi connectivity index (χ0v) is 13.9. The van der Waals surface area contributed by atoms with Crippen LogP contribution in [0.3, 0.4) is 0 Å². The van der Waals surface area contributed by atoms with E-state index in [0.29, 0.717) is 12.3 Å². The van der Waals surface area contributed by atoms with Crippen molar-refractivity contribution in [3.05, 3.63) is 54.1 Å². The SMILES string of the molecule is CCCOc1ccc(N(C)S(=O)(=O)c2ccc(C)cc2)cc1. The van der Waals surface area contributed by atoms with Gasteiger partial charge < -0.3 is 4.74 Å². The highest BCUT2D eigenvalue weighted by Gasteiger charge is 2.20. The minimum absolute atomic E-state index is 0.284. The fourth-order valence-corrected chi connectivity index (χ4v) is 3.17. The molecule has 0 aliphatic heterocycles. The summed E-state index contributed by atoms with van der Waals surface area (Å²) in [4.78, 5) is 0.284. The summed E-state index contributed by atoms with van der Waals surface area (Å²) in [6.45, 7) is 4.61. The molecule has 0 atom stereocenters. The number of anilines is 1. The standard InChI is InChI=1S/C17H21NO3S/c1-4-13-21-16-9-7-15(8-10-16)18(3)22(19,20)17-11-5-14(2)6-12-17/h5-12H,4,13H2,1-3H3. The van der Waals surface area contributed by atoms with Gasteiger partial charge >= 0.3 is 0 Å². The summed E-state index contributed by atoms with van der Waals surface area (Å²) in [5.41, 5.74) is 1.63. The first-order chi connectivity index (χ1) is 10.4. The summed E-state index contributed by atoms with van der Waals surface area (Å²) in [5, 5.41) is 0. The molecular formula is C17H21NO3S. The molecule has 0 aliphatic rings. The number of rotatable bonds is 6. The van der Waals surface area contributed by atoms with Crippen LogP contribution in [0.25, 0.3) is 0 Å². The van der Waals surface area contributed by atoms with E-state index in [-0.39, 0.29) is 4.90 Å². The van der Waals surface area contributed by atoms with E-state index in [0.717, 1.165) is 17.7 Å². The van der Waals surface area contributed by atoms with Gasteiger partial charge in [-0.05, 0) is 49.7 Å². The Balaban J connectivity index is 2.22. The third-order valence-corrected chi connectivity index (χ3v) is 5.15. The van der Waals surface area contributed by atoms with E-state index in [4.69, 9.17) is 4.74 Å². The maximum atomic E-state index is 12.6. The predicted octanol–water partition coefficient (Wildman–Crippen LogP) is 3.61. The second kappa shape index (κ2) is 6.83. The average Bonchev–Trinajstić information content (AvgIpc) is 2.53. The van der Waals surface area contributed by atoms with E-state index in [1.165, 1.54) is 4.31 Å². The summed E-state index contributed by atoms with van der Waals surface area (Å²) < 4.78 is 32.0. The van der Waals surface area contributed by atoms with Crippen LogP contribution in [0.2, 0.25) is 0 Å². The van der Waals surface area contributed by atoms with Crippen LogP contribution >= 0.6 is 0 Å². The highest BCUT2D eigenvalue weighted by molar-refractivity contribution is 7.92. The number of ether oxygens (including phenoxy) is 1. The largest absolute Gasteiger partial charge is 0.494 e. The van der Waals surface area contributed by atoms with Gasteiger partial charge in [-0.25, -0.2) is 8.42 Å². The van der Waals surface area contributed by atoms with Crippen molar-refractivity contribution in [3.8, 4) is 5.75 Å². The number of hydrogen-bond acceptors (Lipinski definition) is 3. The van der Waals surface area contributed by atoms with E-state index < -0.39 is 10.0 Å². The van der Waals surface area contributed by atoms with E-state index >= 15 is 0 Å². The monoisotopic (exact) mass is 319 g/mol. The number of hydrogen-bond donors (Lipinski definition) is 0. The highest BCUT2D eigenvalue weighted by atomic mass is 32.2. The van der Waals surface area contributed by atoms with Crippen molar-refractivity contribution in [1.29, 1.82) is 0 Å². The zero-order chi connectivity index (χ0) is 16.2. The average molecular weight is 319 g/mol. The lowest BCUT2D eigenvalue weighted by molar-refractivity contribution is 0.317. The Hall–Kier alpha value is -2.01. The van der Waals surface area contributed by atoms with Gasteiger partial charge in [-0.2, -0.15) is 0 Å². The molecule has 5 heteroatoms. The molecule has 4 nitrogen and oxygen atoms in total. The maximum Gasteiger partial charge on any atom is 0.264 e. The molecule has 0 saturated heterocycles. The molecule has 22 heavy (non-hydrogen) atoms. The van der Waals surface area contributed by atoms with Crippen LogP contribution < -0.4 is 9.04 Å². The first-order valence-corrected chi connectivity index (χ1v) is 8.67. The van der Waals surface area contributed by atoms with E-state index in [1.54, 1.807) is 55.6 Å². The lowest BCUT2D eigenvalue weighted by atomic mass is 10.2. The van der Waals surface area contributed by atoms with Crippen molar-refractivity contribution in [2.24, 2.45) is 0 Å². The van der Waals surface area contributed by atoms with Gasteiger partial charge in [0.25, 0.3) is 10.0 Å². The normalized spacial score (nSPS) is 11.2. The Morgan fingerprint density at radius 2 is 1.59 bits per heavy atom. The van der Waals surface area contributed by atoms with E-state index in [2.05, 4.69) is 0 Å². The van der Waals surface area contributed by atoms with E-state index in [9.17, 15) is 8.42 Å². The highest BCUT2D eigenvalue weighted by Crippen LogP contribution is 2.24. The number of aryl methyl sites for hydroxylation is 1. The topological polar surface area (TPSA) is 46.6 Å². The van der Waals surface area contributed by atoms with E-state index in [1.807, 2.05) is 13.8 Å². The third kappa shape index (κ3) is 3.60. The first-order valence-electron chi connectivity index (χ1n) is 7.23. The Kier molecular flexibility index (Phi) is 5.08. The Morgan fingerprint density at radius 3 is 2.14 bits per heavy atom. The number of benzene rings is 2. The lowest BCUT2D eigenvalue weighted by Gasteiger charge is -2.20. The van der Waals surface area contributed by atoms with Crippen LogP contribution in [0.1, 0.15) is 18.9 Å². The summed E-state index contributed by atoms with van der Waals surface area (Å²) in [6.07, 6.45) is 0.934. The molecule has 0 fully saturated rings. The predicted molar refractivity (Wildman–Crippen MR) is 89.0 cm³/mol. The summed E-state index contributed by atoms with van der Waals surface area (Å²) in [5.74, 6) is 0.742. The molecule has 0 amide bonds. The number of nitrogens with zero attached hydrogens (tertiary/aromatic N) is 1. The molecule has 0 heterocycles. The Bertz CT molecular complexity index is 707. The van der Waals surface area contributed by atoms with Gasteiger partial charge in [-0.15, -0.1) is 0 Å². The zero-order valence-electron chi connectivity index (χ0n) is 13.1. The van der Waals surface area contributed by atoms with Crippen LogP contribution in [0.15, 0.2) is 53.4 Å². The molecule has 0 bridgehead atoms. The maximum absolute atomic E-state index is 12.6. The molecule has 2 aromatic rings. The second-order valence-corrected chi connectivity index (χ2v) is 7.10. The van der Waals surface area contributed by atoms with Gasteiger partial charge in [0.15, 0.2) is 0 Å². The van der Waals surface area contributed by atoms with Crippen molar-refractivity contribution in [3.63, 3.8) is 0 Å². The molecule has 0 radical (unpaired) electrons. The van der Waals surface area contributed by atoms with Gasteiger partial charge in [-0.3, -0.25) is 4.31 Å². The number of sulfonamides is 1. The van der Waals surface area contributed by atoms with Crippen molar-refractivity contribution < 1.29 is 13.2 Å². The summed E-state index contributed by atoms with van der Waals surface area (Å²) in [6, 6.07) is 13.9. The Labute approximate surface area is 132 Å². The minimum atomic E-state index is -3.55. The van der Waals surface area contributed by atoms with Crippen molar-refractivity contribution >= 4 is 15.7 Å². The molecule has 2 aromatic carbocycles. The summed E-state index contributed by atoms with van der Waals surface area (Å²) >= 11 is 0. The second-order valence-electron chi connectivity index (χ2n) is 5.13. The van der Waals surface area contributed by atoms with Crippen LogP contribution in [0.5, 0.6) is 5.75 Å². The smallest absolute Gasteiger partial charge is 0.264 e. The molecule has 0 aromatic heterocycles. The van der Waals surface area contributed by atoms with Gasteiger partial charge in [0, 0.05) is 7.05 Å². The third-order valence-electron chi connectivity index (χ3n) is 3.35. The molecule has 0 N–H and O–H groups in total. The van der Waals surface area contributed by atoms with Gasteiger partial charge in [0.05, 0.1) is 17.2 Å². The quantitative estimate of drug-likeness (QED) is 0.817. The molecular weight excluding hydrogens is 298 g/mol. The van der Waals surface area contributed by atoms with Crippen LogP contribution in [0, 0.1) is 6.92 Å². The molecule has 0 saturated carbocycles. The fraction of sp³-hybridized carbons (Fsp3) is 0.294. The van der Waals surface area contributed by atoms with Gasteiger partial charge in [0.1, 0.15) is 5.75 Å². The minimum Gasteiger partial charge on any atom is -0.494 e. The van der Waals surface area contributed by atoms with Crippen LogP contribution in [-0.4, -0.2) is 22.1 Å². The van der Waals surface area contributed by atoms with Crippen molar-refractivity contribution in [1.82, 2.24) is 0 Å². The van der Waals surface area contributed by atoms with Gasteiger partial charge in [0.2, 0.25) is 0 Å². The van der Waals surface area contributed by atoms with Crippen LogP contribution in [0.4, 0.5) is 5.69 Å². The molecule has 0 unspecified atom stereocenters. The molecule has 2 rings (SSSR count). The molecule has 0 spiro atoms. The summed E-state index contributed by atoms with van der Waals surface area (Å²) in [7, 11) is -1.99. The van der Waals surface area contributed by atoms with Crippen LogP contribution in [-0.2, 0) is 10.0 Å². The Morgan fingerprint density at radius 1 is 1.00 bits per heavy atom. The first kappa shape index (κ1) is 16.4. The van der Waals surface area contributed by atoms with Crippen molar-refractivity contribution in [2.75, 3.05) is 18.0 Å². The van der Waals surface area contributed by atoms with Crippen molar-refractivity contribution in [2.45, 2.75) is 25.2 Å². The lowest BCUT2D eigenvalue weighted by Crippen LogP contribution is -2.26. The molecule has 0 aliphatic carbocycles.